The number of fused-ring (bicyclic) bond motifs is 1. The van der Waals surface area contributed by atoms with Crippen molar-refractivity contribution >= 4 is 67.8 Å². The minimum atomic E-state index is -5.77. The average molecular weight is 1020 g/mol. The second-order valence-corrected chi connectivity index (χ2v) is 16.8. The van der Waals surface area contributed by atoms with Gasteiger partial charge in [0.15, 0.2) is 11.7 Å². The van der Waals surface area contributed by atoms with E-state index in [-0.39, 0.29) is 53.6 Å². The monoisotopic (exact) mass is 1020 g/mol. The van der Waals surface area contributed by atoms with Gasteiger partial charge in [-0.2, -0.15) is 39.2 Å². The number of aliphatic carboxylic acids is 1. The van der Waals surface area contributed by atoms with Gasteiger partial charge in [0.25, 0.3) is 15.9 Å². The molecule has 8 N–H and O–H groups in total. The molecule has 4 aromatic rings. The Morgan fingerprint density at radius 1 is 0.857 bits per heavy atom. The highest BCUT2D eigenvalue weighted by Crippen LogP contribution is 2.25. The fourth-order valence-corrected chi connectivity index (χ4v) is 7.89. The first-order chi connectivity index (χ1) is 32.8. The van der Waals surface area contributed by atoms with Gasteiger partial charge in [-0.05, 0) is 75.4 Å². The fourth-order valence-electron chi connectivity index (χ4n) is 6.44. The predicted octanol–water partition coefficient (Wildman–Crippen LogP) is 3.31. The number of aryl methyl sites for hydroxylation is 4. The lowest BCUT2D eigenvalue weighted by atomic mass is 10.1. The van der Waals surface area contributed by atoms with Gasteiger partial charge in [0.05, 0.1) is 17.0 Å². The van der Waals surface area contributed by atoms with Crippen LogP contribution in [0.25, 0.3) is 10.9 Å². The summed E-state index contributed by atoms with van der Waals surface area (Å²) in [6.45, 7) is 7.05. The lowest BCUT2D eigenvalue weighted by Crippen LogP contribution is -2.39. The highest BCUT2D eigenvalue weighted by Gasteiger charge is 2.54. The molecule has 0 saturated carbocycles. The second kappa shape index (κ2) is 26.1. The van der Waals surface area contributed by atoms with E-state index in [0.717, 1.165) is 17.5 Å². The van der Waals surface area contributed by atoms with E-state index in [2.05, 4.69) is 35.6 Å². The third kappa shape index (κ3) is 17.8. The average Bonchev–Trinajstić information content (AvgIpc) is 3.80. The highest BCUT2D eigenvalue weighted by molar-refractivity contribution is 7.90. The number of nitrogens with zero attached hydrogens (tertiary/aromatic N) is 3. The molecule has 20 nitrogen and oxygen atoms in total. The van der Waals surface area contributed by atoms with Crippen LogP contribution in [-0.2, 0) is 51.8 Å². The van der Waals surface area contributed by atoms with Crippen molar-refractivity contribution in [1.29, 1.82) is 0 Å². The standard InChI is InChI=1S/C39H51N9O9S.C4F6O2/c1-25-19-26(2)36(27(3)20-25)58(55,56)47-31(38(53)54)23-45-37(52)30-24-48(32-21-28(7-8-29(32)35(30)51)22-46-39-43-14-15-44-39)16-5-12-41-33(49)9-10-34(50)42-13-6-18-57-17-4-11-40;5-3(6,7)1(11)2(12)4(8,9)10/h7-8,14-15,19-21,24H,4-6,9-13,16-18,22-23,40H2,1-3H3,(H,41,49)(H,42,50)(H,45,52)(H,53,54)(H2,43,44,46);. The molecule has 0 radical (unpaired) electrons. The molecule has 2 aromatic carbocycles. The Kier molecular flexibility index (Phi) is 21.4. The van der Waals surface area contributed by atoms with Gasteiger partial charge in [-0.3, -0.25) is 28.8 Å². The zero-order valence-corrected chi connectivity index (χ0v) is 38.8. The Bertz CT molecular complexity index is 2680. The van der Waals surface area contributed by atoms with Gasteiger partial charge in [-0.25, -0.2) is 9.78 Å². The van der Waals surface area contributed by atoms with Gasteiger partial charge < -0.3 is 46.4 Å². The number of carbonyl (C=O) groups is 6. The molecule has 0 fully saturated rings. The summed E-state index contributed by atoms with van der Waals surface area (Å²) in [6, 6.07) is 8.36. The van der Waals surface area contributed by atoms with Crippen molar-refractivity contribution < 1.29 is 73.4 Å². The number of halogens is 6. The summed E-state index contributed by atoms with van der Waals surface area (Å²) < 4.78 is 104. The Labute approximate surface area is 395 Å². The molecular formula is C43H51F6N9O11S. The molecule has 0 saturated heterocycles. The molecule has 70 heavy (non-hydrogen) atoms. The number of carbonyl (C=O) groups excluding carboxylic acids is 5. The Morgan fingerprint density at radius 3 is 1.99 bits per heavy atom. The van der Waals surface area contributed by atoms with Crippen LogP contribution in [0.1, 0.15) is 64.7 Å². The Balaban J connectivity index is 0.000000949. The van der Waals surface area contributed by atoms with Crippen molar-refractivity contribution in [2.75, 3.05) is 44.7 Å². The number of hydrogen-bond donors (Lipinski definition) is 7. The number of ether oxygens (including phenoxy) is 1. The van der Waals surface area contributed by atoms with Gasteiger partial charge in [-0.1, -0.05) is 23.8 Å². The molecule has 3 amide bonds. The summed E-state index contributed by atoms with van der Waals surface area (Å²) in [6.07, 6.45) is -5.14. The number of rotatable bonds is 24. The Hall–Kier alpha value is -7.00. The molecule has 2 heterocycles. The zero-order chi connectivity index (χ0) is 52.4. The second-order valence-electron chi connectivity index (χ2n) is 15.3. The van der Waals surface area contributed by atoms with Crippen molar-refractivity contribution in [1.82, 2.24) is 30.5 Å². The smallest absolute Gasteiger partial charge is 0.458 e. The third-order valence-corrected chi connectivity index (χ3v) is 11.2. The predicted molar refractivity (Wildman–Crippen MR) is 240 cm³/mol. The van der Waals surface area contributed by atoms with E-state index < -0.39 is 63.5 Å². The molecule has 27 heteroatoms. The molecule has 2 aromatic heterocycles. The van der Waals surface area contributed by atoms with E-state index in [1.165, 1.54) is 6.20 Å². The van der Waals surface area contributed by atoms with Crippen LogP contribution in [0, 0.1) is 20.8 Å². The van der Waals surface area contributed by atoms with E-state index in [4.69, 9.17) is 10.5 Å². The van der Waals surface area contributed by atoms with Crippen molar-refractivity contribution in [2.24, 2.45) is 10.1 Å². The topological polar surface area (TPSA) is 303 Å². The molecule has 4 rings (SSSR count). The van der Waals surface area contributed by atoms with Gasteiger partial charge in [0.1, 0.15) is 5.56 Å². The van der Waals surface area contributed by atoms with Crippen LogP contribution < -0.4 is 32.4 Å². The first-order valence-electron chi connectivity index (χ1n) is 21.1. The van der Waals surface area contributed by atoms with Crippen LogP contribution in [0.2, 0.25) is 0 Å². The molecular weight excluding hydrogens is 965 g/mol. The number of hydrogen-bond acceptors (Lipinski definition) is 13. The number of carboxylic acids is 1. The first-order valence-corrected chi connectivity index (χ1v) is 22.6. The van der Waals surface area contributed by atoms with Crippen LogP contribution in [0.4, 0.5) is 32.3 Å². The van der Waals surface area contributed by atoms with Crippen molar-refractivity contribution in [3.63, 3.8) is 0 Å². The molecule has 0 aliphatic heterocycles. The van der Waals surface area contributed by atoms with Crippen molar-refractivity contribution in [2.45, 2.75) is 83.2 Å². The van der Waals surface area contributed by atoms with Gasteiger partial charge in [0.2, 0.25) is 17.2 Å². The molecule has 0 unspecified atom stereocenters. The summed E-state index contributed by atoms with van der Waals surface area (Å²) in [7, 11) is -4.48. The summed E-state index contributed by atoms with van der Waals surface area (Å²) in [5.41, 5.74) is 6.52. The maximum absolute atomic E-state index is 13.7. The maximum Gasteiger partial charge on any atom is 0.458 e. The van der Waals surface area contributed by atoms with Crippen molar-refractivity contribution in [3.8, 4) is 0 Å². The van der Waals surface area contributed by atoms with E-state index >= 15 is 0 Å². The third-order valence-electron chi connectivity index (χ3n) is 9.58. The van der Waals surface area contributed by atoms with E-state index in [1.807, 2.05) is 0 Å². The number of imidazole rings is 1. The van der Waals surface area contributed by atoms with Gasteiger partial charge in [0, 0.05) is 76.2 Å². The lowest BCUT2D eigenvalue weighted by Gasteiger charge is -2.15. The van der Waals surface area contributed by atoms with Crippen LogP contribution in [0.3, 0.4) is 0 Å². The molecule has 382 valence electrons. The number of pyridine rings is 1. The minimum absolute atomic E-state index is 0.0106. The molecule has 0 atom stereocenters. The van der Waals surface area contributed by atoms with Crippen LogP contribution in [0.15, 0.2) is 63.0 Å². The Morgan fingerprint density at radius 2 is 1.44 bits per heavy atom. The van der Waals surface area contributed by atoms with E-state index in [9.17, 15) is 73.4 Å². The van der Waals surface area contributed by atoms with E-state index in [1.54, 1.807) is 68.1 Å². The number of sulfonamides is 1. The lowest BCUT2D eigenvalue weighted by molar-refractivity contribution is -0.193. The van der Waals surface area contributed by atoms with Crippen molar-refractivity contribution in [3.05, 3.63) is 87.0 Å². The summed E-state index contributed by atoms with van der Waals surface area (Å²) in [5, 5.41) is 21.1. The number of nitrogens with two attached hydrogens (primary N) is 1. The summed E-state index contributed by atoms with van der Waals surface area (Å²) >= 11 is 0. The zero-order valence-electron chi connectivity index (χ0n) is 37.9. The number of alkyl halides is 6. The number of nitrogens with one attached hydrogen (secondary N) is 5. The molecule has 0 aliphatic rings. The number of aromatic amines is 1. The van der Waals surface area contributed by atoms with Gasteiger partial charge in [-0.15, -0.1) is 0 Å². The van der Waals surface area contributed by atoms with E-state index in [0.29, 0.717) is 68.3 Å². The first kappa shape index (κ1) is 57.3. The normalized spacial score (nSPS) is 11.9. The number of ketones is 2. The number of anilines is 1. The number of amides is 3. The largest absolute Gasteiger partial charge is 0.477 e. The SMILES string of the molecule is Cc1cc(C)c(S(=O)(=O)N=C(CNC(=O)c2cn(CCCNC(=O)CCC(=O)NCCCOCCCN)c3cc(CNc4ncc[nH]4)ccc3c2=O)C(=O)O)c(C)c1.O=C(C(=O)C(F)(F)F)C(F)(F)F. The minimum Gasteiger partial charge on any atom is -0.477 e. The maximum atomic E-state index is 13.7. The van der Waals surface area contributed by atoms with Gasteiger partial charge >= 0.3 is 29.9 Å². The van der Waals surface area contributed by atoms with Crippen LogP contribution >= 0.6 is 0 Å². The number of Topliss-reactive ketones (excluding diaryl/α,β-unsaturated/α-hetero) is 2. The van der Waals surface area contributed by atoms with Crippen LogP contribution in [0.5, 0.6) is 0 Å². The fraction of sp³-hybridized carbons (Fsp3) is 0.419. The van der Waals surface area contributed by atoms with Crippen LogP contribution in [-0.4, -0.2) is 121 Å². The number of carboxylic acid groups (broad SMARTS) is 1. The molecule has 0 spiro atoms. The number of aromatic nitrogens is 3. The molecule has 0 bridgehead atoms. The number of H-pyrrole nitrogens is 1. The highest BCUT2D eigenvalue weighted by atomic mass is 32.2. The number of benzene rings is 2. The quantitative estimate of drug-likeness (QED) is 0.0229. The summed E-state index contributed by atoms with van der Waals surface area (Å²) in [5.74, 6) is -9.45. The summed E-state index contributed by atoms with van der Waals surface area (Å²) in [4.78, 5) is 90.2. The molecule has 0 aliphatic carbocycles.